The van der Waals surface area contributed by atoms with Crippen molar-refractivity contribution < 1.29 is 13.2 Å². The molecule has 3 nitrogen and oxygen atoms in total. The van der Waals surface area contributed by atoms with Gasteiger partial charge in [0.15, 0.2) is 0 Å². The van der Waals surface area contributed by atoms with Gasteiger partial charge in [0, 0.05) is 29.1 Å². The number of nitrogens with one attached hydrogen (secondary N) is 1. The summed E-state index contributed by atoms with van der Waals surface area (Å²) in [4.78, 5) is 4.16. The Bertz CT molecular complexity index is 593. The molecule has 108 valence electrons. The largest absolute Gasteiger partial charge is 0.417 e. The number of halogens is 4. The zero-order chi connectivity index (χ0) is 14.8. The molecule has 0 atom stereocenters. The van der Waals surface area contributed by atoms with Gasteiger partial charge in [-0.1, -0.05) is 15.9 Å². The standard InChI is InChI=1S/C13H13BrF3N3/c1-2-20-6-5-18-12(20)8-19-9-3-4-11(14)10(7-9)13(15,16)17/h3-7,19H,2,8H2,1H3. The Kier molecular flexibility index (Phi) is 4.37. The summed E-state index contributed by atoms with van der Waals surface area (Å²) in [5, 5.41) is 2.96. The maximum atomic E-state index is 12.8. The molecule has 0 spiro atoms. The number of aromatic nitrogens is 2. The van der Waals surface area contributed by atoms with E-state index in [0.717, 1.165) is 18.4 Å². The molecule has 0 aliphatic carbocycles. The quantitative estimate of drug-likeness (QED) is 0.893. The molecule has 0 bridgehead atoms. The lowest BCUT2D eigenvalue weighted by Crippen LogP contribution is -2.10. The average Bonchev–Trinajstić information content (AvgIpc) is 2.84. The summed E-state index contributed by atoms with van der Waals surface area (Å²) >= 11 is 2.91. The molecular weight excluding hydrogens is 335 g/mol. The molecule has 2 aromatic rings. The summed E-state index contributed by atoms with van der Waals surface area (Å²) < 4.78 is 40.3. The van der Waals surface area contributed by atoms with Crippen LogP contribution >= 0.6 is 15.9 Å². The van der Waals surface area contributed by atoms with Crippen LogP contribution in [0.4, 0.5) is 18.9 Å². The number of anilines is 1. The number of aryl methyl sites for hydroxylation is 1. The molecule has 1 aromatic carbocycles. The maximum absolute atomic E-state index is 12.8. The van der Waals surface area contributed by atoms with E-state index in [1.165, 1.54) is 6.07 Å². The first-order chi connectivity index (χ1) is 9.41. The van der Waals surface area contributed by atoms with Gasteiger partial charge in [-0.25, -0.2) is 4.98 Å². The molecule has 0 saturated carbocycles. The third-order valence-corrected chi connectivity index (χ3v) is 3.56. The van der Waals surface area contributed by atoms with Crippen molar-refractivity contribution in [3.63, 3.8) is 0 Å². The van der Waals surface area contributed by atoms with E-state index < -0.39 is 11.7 Å². The van der Waals surface area contributed by atoms with E-state index in [2.05, 4.69) is 26.2 Å². The minimum Gasteiger partial charge on any atom is -0.378 e. The van der Waals surface area contributed by atoms with Gasteiger partial charge in [0.05, 0.1) is 12.1 Å². The maximum Gasteiger partial charge on any atom is 0.417 e. The second kappa shape index (κ2) is 5.87. The van der Waals surface area contributed by atoms with E-state index >= 15 is 0 Å². The highest BCUT2D eigenvalue weighted by Crippen LogP contribution is 2.36. The molecule has 2 rings (SSSR count). The van der Waals surface area contributed by atoms with Crippen LogP contribution in [0.3, 0.4) is 0 Å². The van der Waals surface area contributed by atoms with Gasteiger partial charge >= 0.3 is 6.18 Å². The van der Waals surface area contributed by atoms with Crippen LogP contribution in [0.15, 0.2) is 35.1 Å². The molecule has 1 heterocycles. The summed E-state index contributed by atoms with van der Waals surface area (Å²) in [6.45, 7) is 3.12. The lowest BCUT2D eigenvalue weighted by atomic mass is 10.2. The average molecular weight is 348 g/mol. The molecule has 0 radical (unpaired) electrons. The first kappa shape index (κ1) is 14.9. The third-order valence-electron chi connectivity index (χ3n) is 2.86. The van der Waals surface area contributed by atoms with Gasteiger partial charge in [-0.3, -0.25) is 0 Å². The van der Waals surface area contributed by atoms with Crippen molar-refractivity contribution in [2.45, 2.75) is 26.2 Å². The Balaban J connectivity index is 2.15. The summed E-state index contributed by atoms with van der Waals surface area (Å²) in [7, 11) is 0. The molecule has 1 aromatic heterocycles. The Morgan fingerprint density at radius 2 is 2.10 bits per heavy atom. The monoisotopic (exact) mass is 347 g/mol. The van der Waals surface area contributed by atoms with Crippen LogP contribution in [0.1, 0.15) is 18.3 Å². The van der Waals surface area contributed by atoms with Gasteiger partial charge in [-0.15, -0.1) is 0 Å². The molecule has 7 heteroatoms. The molecule has 0 saturated heterocycles. The van der Waals surface area contributed by atoms with Crippen LogP contribution in [0.5, 0.6) is 0 Å². The van der Waals surface area contributed by atoms with Crippen molar-refractivity contribution in [2.75, 3.05) is 5.32 Å². The molecule has 20 heavy (non-hydrogen) atoms. The Morgan fingerprint density at radius 3 is 2.75 bits per heavy atom. The highest BCUT2D eigenvalue weighted by atomic mass is 79.9. The molecule has 0 aliphatic heterocycles. The number of alkyl halides is 3. The normalized spacial score (nSPS) is 11.7. The number of rotatable bonds is 4. The fourth-order valence-corrected chi connectivity index (χ4v) is 2.30. The van der Waals surface area contributed by atoms with E-state index in [1.807, 2.05) is 17.7 Å². The van der Waals surface area contributed by atoms with Crippen LogP contribution < -0.4 is 5.32 Å². The third kappa shape index (κ3) is 3.33. The fourth-order valence-electron chi connectivity index (χ4n) is 1.83. The molecule has 0 unspecified atom stereocenters. The van der Waals surface area contributed by atoms with Crippen molar-refractivity contribution in [1.82, 2.24) is 9.55 Å². The van der Waals surface area contributed by atoms with Crippen molar-refractivity contribution in [1.29, 1.82) is 0 Å². The number of nitrogens with zero attached hydrogens (tertiary/aromatic N) is 2. The van der Waals surface area contributed by atoms with E-state index in [0.29, 0.717) is 12.2 Å². The van der Waals surface area contributed by atoms with Crippen LogP contribution in [0, 0.1) is 0 Å². The SMILES string of the molecule is CCn1ccnc1CNc1ccc(Br)c(C(F)(F)F)c1. The molecule has 0 fully saturated rings. The van der Waals surface area contributed by atoms with Gasteiger partial charge in [-0.2, -0.15) is 13.2 Å². The number of benzene rings is 1. The van der Waals surface area contributed by atoms with E-state index in [4.69, 9.17) is 0 Å². The van der Waals surface area contributed by atoms with Crippen molar-refractivity contribution >= 4 is 21.6 Å². The Hall–Kier alpha value is -1.50. The first-order valence-electron chi connectivity index (χ1n) is 6.02. The lowest BCUT2D eigenvalue weighted by Gasteiger charge is -2.13. The predicted octanol–water partition coefficient (Wildman–Crippen LogP) is 4.30. The van der Waals surface area contributed by atoms with Gasteiger partial charge in [-0.05, 0) is 25.1 Å². The number of hydrogen-bond donors (Lipinski definition) is 1. The Labute approximate surface area is 123 Å². The van der Waals surface area contributed by atoms with Crippen LogP contribution in [-0.4, -0.2) is 9.55 Å². The zero-order valence-electron chi connectivity index (χ0n) is 10.7. The van der Waals surface area contributed by atoms with Crippen molar-refractivity contribution in [3.05, 3.63) is 46.5 Å². The minimum atomic E-state index is -4.38. The molecule has 0 amide bonds. The highest BCUT2D eigenvalue weighted by molar-refractivity contribution is 9.10. The topological polar surface area (TPSA) is 29.9 Å². The summed E-state index contributed by atoms with van der Waals surface area (Å²) in [5.41, 5.74) is -0.285. The predicted molar refractivity (Wildman–Crippen MR) is 74.4 cm³/mol. The van der Waals surface area contributed by atoms with E-state index in [-0.39, 0.29) is 4.47 Å². The number of hydrogen-bond acceptors (Lipinski definition) is 2. The van der Waals surface area contributed by atoms with Crippen molar-refractivity contribution in [3.8, 4) is 0 Å². The van der Waals surface area contributed by atoms with Gasteiger partial charge in [0.2, 0.25) is 0 Å². The number of imidazole rings is 1. The fraction of sp³-hybridized carbons (Fsp3) is 0.308. The van der Waals surface area contributed by atoms with Gasteiger partial charge < -0.3 is 9.88 Å². The molecule has 1 N–H and O–H groups in total. The smallest absolute Gasteiger partial charge is 0.378 e. The summed E-state index contributed by atoms with van der Waals surface area (Å²) in [6, 6.07) is 4.07. The Morgan fingerprint density at radius 1 is 1.35 bits per heavy atom. The minimum absolute atomic E-state index is 0.0330. The van der Waals surface area contributed by atoms with E-state index in [9.17, 15) is 13.2 Å². The van der Waals surface area contributed by atoms with Crippen LogP contribution in [0.25, 0.3) is 0 Å². The summed E-state index contributed by atoms with van der Waals surface area (Å²) in [5.74, 6) is 0.781. The van der Waals surface area contributed by atoms with Gasteiger partial charge in [0.25, 0.3) is 0 Å². The van der Waals surface area contributed by atoms with Crippen molar-refractivity contribution in [2.24, 2.45) is 0 Å². The van der Waals surface area contributed by atoms with E-state index in [1.54, 1.807) is 12.3 Å². The molecular formula is C13H13BrF3N3. The second-order valence-corrected chi connectivity index (χ2v) is 5.03. The molecule has 0 aliphatic rings. The second-order valence-electron chi connectivity index (χ2n) is 4.18. The van der Waals surface area contributed by atoms with Gasteiger partial charge in [0.1, 0.15) is 5.82 Å². The van der Waals surface area contributed by atoms with Crippen LogP contribution in [0.2, 0.25) is 0 Å². The first-order valence-corrected chi connectivity index (χ1v) is 6.81. The lowest BCUT2D eigenvalue weighted by molar-refractivity contribution is -0.138. The highest BCUT2D eigenvalue weighted by Gasteiger charge is 2.33. The zero-order valence-corrected chi connectivity index (χ0v) is 12.3. The van der Waals surface area contributed by atoms with Crippen LogP contribution in [-0.2, 0) is 19.3 Å². The summed E-state index contributed by atoms with van der Waals surface area (Å²) in [6.07, 6.45) is -0.874.